The minimum Gasteiger partial charge on any atom is -0.460 e. The highest BCUT2D eigenvalue weighted by Crippen LogP contribution is 2.32. The Morgan fingerprint density at radius 2 is 1.44 bits per heavy atom. The van der Waals surface area contributed by atoms with Crippen LogP contribution in [0.2, 0.25) is 6.04 Å². The molecular weight excluding hydrogens is 452 g/mol. The van der Waals surface area contributed by atoms with Crippen LogP contribution in [0.15, 0.2) is 0 Å². The Labute approximate surface area is 209 Å². The highest BCUT2D eigenvalue weighted by atomic mass is 28.4. The van der Waals surface area contributed by atoms with Crippen molar-refractivity contribution in [1.82, 2.24) is 0 Å². The molecule has 1 aliphatic carbocycles. The van der Waals surface area contributed by atoms with Gasteiger partial charge in [0.2, 0.25) is 0 Å². The molecule has 202 valence electrons. The number of carbonyl (C=O) groups excluding carboxylic acids is 1. The summed E-state index contributed by atoms with van der Waals surface area (Å²) >= 11 is 0. The van der Waals surface area contributed by atoms with Crippen LogP contribution >= 0.6 is 0 Å². The Bertz CT molecular complexity index is 493. The number of aliphatic hydroxyl groups excluding tert-OH is 1. The molecule has 0 aromatic carbocycles. The molecule has 1 fully saturated rings. The van der Waals surface area contributed by atoms with Crippen molar-refractivity contribution in [1.29, 1.82) is 0 Å². The maximum atomic E-state index is 12.3. The lowest BCUT2D eigenvalue weighted by Gasteiger charge is -2.34. The number of unbranched alkanes of at least 4 members (excludes halogenated alkanes) is 9. The van der Waals surface area contributed by atoms with Gasteiger partial charge in [0.05, 0.1) is 19.1 Å². The van der Waals surface area contributed by atoms with Crippen LogP contribution in [-0.4, -0.2) is 66.6 Å². The van der Waals surface area contributed by atoms with Crippen molar-refractivity contribution in [2.75, 3.05) is 34.5 Å². The summed E-state index contributed by atoms with van der Waals surface area (Å²) in [5.41, 5.74) is 0. The summed E-state index contributed by atoms with van der Waals surface area (Å²) in [5, 5.41) is 10.3. The van der Waals surface area contributed by atoms with Crippen LogP contribution in [0.3, 0.4) is 0 Å². The molecule has 3 unspecified atom stereocenters. The zero-order chi connectivity index (χ0) is 25.1. The van der Waals surface area contributed by atoms with Gasteiger partial charge in [0.1, 0.15) is 6.10 Å². The Balaban J connectivity index is 2.10. The smallest absolute Gasteiger partial charge is 0.460 e. The molecule has 0 bridgehead atoms. The first kappa shape index (κ1) is 31.5. The minimum atomic E-state index is -2.60. The number of hydrogen-bond acceptors (Lipinski definition) is 7. The van der Waals surface area contributed by atoms with Crippen molar-refractivity contribution in [3.05, 3.63) is 0 Å². The van der Waals surface area contributed by atoms with Crippen LogP contribution in [0.1, 0.15) is 103 Å². The summed E-state index contributed by atoms with van der Waals surface area (Å²) < 4.78 is 27.7. The summed E-state index contributed by atoms with van der Waals surface area (Å²) in [7, 11) is 2.25. The topological polar surface area (TPSA) is 83.5 Å². The lowest BCUT2D eigenvalue weighted by Crippen LogP contribution is -2.44. The molecule has 0 aliphatic heterocycles. The van der Waals surface area contributed by atoms with E-state index in [0.717, 1.165) is 19.3 Å². The number of aliphatic hydroxyl groups is 1. The second kappa shape index (κ2) is 19.6. The van der Waals surface area contributed by atoms with E-state index < -0.39 is 21.0 Å². The van der Waals surface area contributed by atoms with E-state index in [4.69, 9.17) is 22.8 Å². The highest BCUT2D eigenvalue weighted by Gasteiger charge is 2.40. The normalized spacial score (nSPS) is 21.0. The summed E-state index contributed by atoms with van der Waals surface area (Å²) in [4.78, 5) is 12.3. The zero-order valence-corrected chi connectivity index (χ0v) is 23.4. The van der Waals surface area contributed by atoms with Crippen molar-refractivity contribution >= 4 is 14.8 Å². The van der Waals surface area contributed by atoms with Gasteiger partial charge < -0.3 is 27.9 Å². The van der Waals surface area contributed by atoms with Crippen LogP contribution in [0, 0.1) is 5.92 Å². The van der Waals surface area contributed by atoms with Gasteiger partial charge in [0.25, 0.3) is 0 Å². The Kier molecular flexibility index (Phi) is 18.2. The van der Waals surface area contributed by atoms with Gasteiger partial charge in [-0.2, -0.15) is 0 Å². The summed E-state index contributed by atoms with van der Waals surface area (Å²) in [6.45, 7) is 3.33. The molecule has 34 heavy (non-hydrogen) atoms. The van der Waals surface area contributed by atoms with E-state index in [2.05, 4.69) is 6.92 Å². The van der Waals surface area contributed by atoms with E-state index in [-0.39, 0.29) is 12.4 Å². The third-order valence-corrected chi connectivity index (χ3v) is 9.80. The molecular formula is C26H52O7Si. The number of carbonyl (C=O) groups is 1. The fraction of sp³-hybridized carbons (Fsp3) is 0.962. The van der Waals surface area contributed by atoms with E-state index in [1.165, 1.54) is 57.8 Å². The van der Waals surface area contributed by atoms with Crippen LogP contribution in [0.25, 0.3) is 0 Å². The summed E-state index contributed by atoms with van der Waals surface area (Å²) in [6, 6.07) is 0.713. The zero-order valence-electron chi connectivity index (χ0n) is 22.4. The van der Waals surface area contributed by atoms with E-state index in [1.54, 1.807) is 21.3 Å². The maximum Gasteiger partial charge on any atom is 0.500 e. The van der Waals surface area contributed by atoms with E-state index in [1.807, 2.05) is 0 Å². The predicted octanol–water partition coefficient (Wildman–Crippen LogP) is 5.66. The first-order chi connectivity index (χ1) is 16.5. The lowest BCUT2D eigenvalue weighted by molar-refractivity contribution is -0.160. The van der Waals surface area contributed by atoms with Crippen molar-refractivity contribution in [2.24, 2.45) is 5.92 Å². The molecule has 3 atom stereocenters. The molecule has 0 aromatic rings. The van der Waals surface area contributed by atoms with Crippen molar-refractivity contribution < 1.29 is 32.7 Å². The molecule has 1 aliphatic rings. The van der Waals surface area contributed by atoms with Gasteiger partial charge in [0.15, 0.2) is 0 Å². The monoisotopic (exact) mass is 504 g/mol. The predicted molar refractivity (Wildman–Crippen MR) is 137 cm³/mol. The number of rotatable bonds is 21. The second-order valence-electron chi connectivity index (χ2n) is 9.65. The van der Waals surface area contributed by atoms with E-state index in [0.29, 0.717) is 38.0 Å². The quantitative estimate of drug-likeness (QED) is 0.123. The van der Waals surface area contributed by atoms with Gasteiger partial charge in [-0.1, -0.05) is 64.7 Å². The van der Waals surface area contributed by atoms with E-state index in [9.17, 15) is 9.90 Å². The third kappa shape index (κ3) is 13.5. The number of hydrogen-bond donors (Lipinski definition) is 1. The van der Waals surface area contributed by atoms with Gasteiger partial charge in [-0.3, -0.25) is 4.79 Å². The van der Waals surface area contributed by atoms with Crippen LogP contribution in [-0.2, 0) is 27.5 Å². The van der Waals surface area contributed by atoms with Crippen LogP contribution < -0.4 is 0 Å². The summed E-state index contributed by atoms with van der Waals surface area (Å²) in [5.74, 6) is 0.0586. The Morgan fingerprint density at radius 3 is 2.03 bits per heavy atom. The SMILES string of the molecule is CCCCCCCCCCCCOCCC(=O)OC1CC(CC[Si](OC)(OC)OC)CCC1O. The van der Waals surface area contributed by atoms with Gasteiger partial charge >= 0.3 is 14.8 Å². The molecule has 0 aromatic heterocycles. The van der Waals surface area contributed by atoms with Gasteiger partial charge in [-0.15, -0.1) is 0 Å². The van der Waals surface area contributed by atoms with Crippen LogP contribution in [0.5, 0.6) is 0 Å². The van der Waals surface area contributed by atoms with Crippen LogP contribution in [0.4, 0.5) is 0 Å². The molecule has 8 heteroatoms. The molecule has 0 radical (unpaired) electrons. The molecule has 0 saturated heterocycles. The average molecular weight is 505 g/mol. The highest BCUT2D eigenvalue weighted by molar-refractivity contribution is 6.60. The van der Waals surface area contributed by atoms with E-state index >= 15 is 0 Å². The standard InChI is InChI=1S/C26H52O7Si/c1-5-6-7-8-9-10-11-12-13-14-19-32-20-17-26(28)33-25-22-23(15-16-24(25)27)18-21-34(29-2,30-3)31-4/h23-25,27H,5-22H2,1-4H3. The third-order valence-electron chi connectivity index (χ3n) is 7.03. The summed E-state index contributed by atoms with van der Waals surface area (Å²) in [6.07, 6.45) is 15.2. The first-order valence-corrected chi connectivity index (χ1v) is 15.5. The first-order valence-electron chi connectivity index (χ1n) is 13.6. The molecule has 0 spiro atoms. The second-order valence-corrected chi connectivity index (χ2v) is 12.7. The Hall–Kier alpha value is -0.513. The molecule has 1 rings (SSSR count). The van der Waals surface area contributed by atoms with Crippen molar-refractivity contribution in [2.45, 2.75) is 121 Å². The Morgan fingerprint density at radius 1 is 0.853 bits per heavy atom. The minimum absolute atomic E-state index is 0.235. The molecule has 0 heterocycles. The fourth-order valence-electron chi connectivity index (χ4n) is 4.70. The van der Waals surface area contributed by atoms with Gasteiger partial charge in [0, 0.05) is 34.0 Å². The van der Waals surface area contributed by atoms with Gasteiger partial charge in [-0.25, -0.2) is 0 Å². The molecule has 1 saturated carbocycles. The lowest BCUT2D eigenvalue weighted by atomic mass is 9.84. The van der Waals surface area contributed by atoms with Crippen molar-refractivity contribution in [3.63, 3.8) is 0 Å². The number of ether oxygens (including phenoxy) is 2. The number of esters is 1. The largest absolute Gasteiger partial charge is 0.500 e. The average Bonchev–Trinajstić information content (AvgIpc) is 2.85. The molecule has 0 amide bonds. The fourth-order valence-corrected chi connectivity index (χ4v) is 6.57. The molecule has 7 nitrogen and oxygen atoms in total. The van der Waals surface area contributed by atoms with Gasteiger partial charge in [-0.05, 0) is 38.0 Å². The molecule has 1 N–H and O–H groups in total. The maximum absolute atomic E-state index is 12.3. The van der Waals surface area contributed by atoms with Crippen molar-refractivity contribution in [3.8, 4) is 0 Å².